The number of rotatable bonds is 6. The number of amides is 1. The van der Waals surface area contributed by atoms with Gasteiger partial charge in [0.25, 0.3) is 5.56 Å². The number of imidazole rings is 1. The molecule has 160 valence electrons. The largest absolute Gasteiger partial charge is 0.332 e. The van der Waals surface area contributed by atoms with Gasteiger partial charge in [-0.05, 0) is 37.6 Å². The van der Waals surface area contributed by atoms with Crippen LogP contribution in [-0.2, 0) is 35.5 Å². The second kappa shape index (κ2) is 7.78. The van der Waals surface area contributed by atoms with Crippen LogP contribution in [0.25, 0.3) is 11.2 Å². The van der Waals surface area contributed by atoms with E-state index in [1.807, 2.05) is 0 Å². The van der Waals surface area contributed by atoms with E-state index in [0.29, 0.717) is 16.9 Å². The van der Waals surface area contributed by atoms with Crippen LogP contribution in [0.1, 0.15) is 12.5 Å². The molecule has 2 heterocycles. The van der Waals surface area contributed by atoms with E-state index in [9.17, 15) is 22.8 Å². The summed E-state index contributed by atoms with van der Waals surface area (Å²) in [6.07, 6.45) is 1.42. The normalized spacial score (nSPS) is 11.6. The summed E-state index contributed by atoms with van der Waals surface area (Å²) in [6, 6.07) is 4.66. The van der Waals surface area contributed by atoms with Crippen LogP contribution in [0.2, 0.25) is 0 Å². The zero-order valence-electron chi connectivity index (χ0n) is 17.0. The molecule has 2 aromatic heterocycles. The van der Waals surface area contributed by atoms with Crippen LogP contribution < -0.4 is 21.3 Å². The van der Waals surface area contributed by atoms with E-state index in [1.165, 1.54) is 41.6 Å². The van der Waals surface area contributed by atoms with E-state index in [0.717, 1.165) is 4.57 Å². The highest BCUT2D eigenvalue weighted by atomic mass is 32.2. The number of carbonyl (C=O) groups excluding carboxylic acids is 1. The van der Waals surface area contributed by atoms with Crippen molar-refractivity contribution < 1.29 is 13.2 Å². The monoisotopic (exact) mass is 434 g/mol. The highest BCUT2D eigenvalue weighted by Gasteiger charge is 2.17. The molecule has 0 radical (unpaired) electrons. The maximum Gasteiger partial charge on any atom is 0.332 e. The van der Waals surface area contributed by atoms with Crippen molar-refractivity contribution >= 4 is 38.5 Å². The third kappa shape index (κ3) is 3.99. The number of hydrogen-bond acceptors (Lipinski definition) is 6. The van der Waals surface area contributed by atoms with Gasteiger partial charge in [0.1, 0.15) is 6.54 Å². The van der Waals surface area contributed by atoms with Gasteiger partial charge in [-0.15, -0.1) is 0 Å². The number of aromatic nitrogens is 4. The van der Waals surface area contributed by atoms with Crippen LogP contribution in [-0.4, -0.2) is 38.8 Å². The lowest BCUT2D eigenvalue weighted by Crippen LogP contribution is -2.42. The van der Waals surface area contributed by atoms with Crippen LogP contribution in [0.3, 0.4) is 0 Å². The number of carbonyl (C=O) groups is 1. The predicted molar refractivity (Wildman–Crippen MR) is 113 cm³/mol. The van der Waals surface area contributed by atoms with E-state index in [1.54, 1.807) is 20.0 Å². The summed E-state index contributed by atoms with van der Waals surface area (Å²) in [7, 11) is -0.317. The minimum absolute atomic E-state index is 0.0599. The lowest BCUT2D eigenvalue weighted by Gasteiger charge is -2.12. The third-order valence-corrected chi connectivity index (χ3v) is 5.95. The number of hydrogen-bond donors (Lipinski definition) is 2. The number of aryl methyl sites for hydroxylation is 3. The lowest BCUT2D eigenvalue weighted by molar-refractivity contribution is -0.116. The molecule has 2 N–H and O–H groups in total. The summed E-state index contributed by atoms with van der Waals surface area (Å²) in [5.74, 6) is -0.632. The molecule has 0 fully saturated rings. The molecule has 30 heavy (non-hydrogen) atoms. The van der Waals surface area contributed by atoms with Gasteiger partial charge in [-0.25, -0.2) is 22.8 Å². The van der Waals surface area contributed by atoms with E-state index >= 15 is 0 Å². The summed E-state index contributed by atoms with van der Waals surface area (Å²) < 4.78 is 29.5. The zero-order chi connectivity index (χ0) is 22.2. The molecule has 0 aliphatic rings. The Hall–Kier alpha value is -3.41. The summed E-state index contributed by atoms with van der Waals surface area (Å²) in [5, 5.41) is 2.62. The molecule has 0 saturated heterocycles. The summed E-state index contributed by atoms with van der Waals surface area (Å²) >= 11 is 0. The molecule has 0 bridgehead atoms. The number of nitrogens with zero attached hydrogens (tertiary/aromatic N) is 4. The van der Waals surface area contributed by atoms with Gasteiger partial charge in [0.05, 0.1) is 17.8 Å². The van der Waals surface area contributed by atoms with Crippen molar-refractivity contribution in [3.63, 3.8) is 0 Å². The Morgan fingerprint density at radius 3 is 2.53 bits per heavy atom. The van der Waals surface area contributed by atoms with Crippen molar-refractivity contribution in [2.45, 2.75) is 20.4 Å². The maximum absolute atomic E-state index is 12.7. The van der Waals surface area contributed by atoms with E-state index in [4.69, 9.17) is 0 Å². The van der Waals surface area contributed by atoms with Gasteiger partial charge in [0.15, 0.2) is 11.2 Å². The molecule has 3 aromatic rings. The fourth-order valence-electron chi connectivity index (χ4n) is 2.98. The number of benzene rings is 1. The Kier molecular flexibility index (Phi) is 5.53. The first-order valence-electron chi connectivity index (χ1n) is 9.06. The molecule has 11 nitrogen and oxygen atoms in total. The Morgan fingerprint density at radius 1 is 1.20 bits per heavy atom. The second-order valence-electron chi connectivity index (χ2n) is 6.84. The molecule has 0 aliphatic carbocycles. The van der Waals surface area contributed by atoms with Crippen molar-refractivity contribution in [1.29, 1.82) is 0 Å². The molecular formula is C18H22N6O5S. The lowest BCUT2D eigenvalue weighted by atomic mass is 10.2. The van der Waals surface area contributed by atoms with Crippen LogP contribution in [0.4, 0.5) is 11.4 Å². The number of anilines is 2. The Labute approximate surface area is 172 Å². The van der Waals surface area contributed by atoms with Crippen molar-refractivity contribution in [2.75, 3.05) is 15.8 Å². The fourth-order valence-corrected chi connectivity index (χ4v) is 3.68. The first-order valence-corrected chi connectivity index (χ1v) is 10.7. The SMILES string of the molecule is CCS(=O)(=O)Nc1ccc(NC(=O)Cn2c(=O)c3c(ncn3C)n(C)c2=O)cc1C. The Balaban J connectivity index is 1.85. The number of fused-ring (bicyclic) bond motifs is 1. The molecule has 1 amide bonds. The predicted octanol–water partition coefficient (Wildman–Crippen LogP) is 0.142. The van der Waals surface area contributed by atoms with Crippen molar-refractivity contribution in [3.05, 3.63) is 50.9 Å². The van der Waals surface area contributed by atoms with Crippen LogP contribution in [0.5, 0.6) is 0 Å². The molecule has 12 heteroatoms. The number of sulfonamides is 1. The minimum Gasteiger partial charge on any atom is -0.328 e. The Bertz CT molecular complexity index is 1370. The van der Waals surface area contributed by atoms with E-state index in [-0.39, 0.29) is 16.9 Å². The Morgan fingerprint density at radius 2 is 1.90 bits per heavy atom. The van der Waals surface area contributed by atoms with Gasteiger partial charge in [-0.3, -0.25) is 18.9 Å². The summed E-state index contributed by atoms with van der Waals surface area (Å²) in [5.41, 5.74) is 0.614. The van der Waals surface area contributed by atoms with Gasteiger partial charge in [-0.2, -0.15) is 0 Å². The maximum atomic E-state index is 12.7. The van der Waals surface area contributed by atoms with Crippen molar-refractivity contribution in [1.82, 2.24) is 18.7 Å². The fraction of sp³-hybridized carbons (Fsp3) is 0.333. The van der Waals surface area contributed by atoms with Gasteiger partial charge in [-0.1, -0.05) is 0 Å². The highest BCUT2D eigenvalue weighted by molar-refractivity contribution is 7.92. The van der Waals surface area contributed by atoms with Crippen LogP contribution in [0.15, 0.2) is 34.1 Å². The van der Waals surface area contributed by atoms with Gasteiger partial charge < -0.3 is 9.88 Å². The van der Waals surface area contributed by atoms with Gasteiger partial charge in [0, 0.05) is 19.8 Å². The standard InChI is InChI=1S/C18H22N6O5S/c1-5-30(28,29)21-13-7-6-12(8-11(13)2)20-14(25)9-24-17(26)15-16(19-10-22(15)3)23(4)18(24)27/h6-8,10,21H,5,9H2,1-4H3,(H,20,25). The first-order chi connectivity index (χ1) is 14.0. The molecule has 0 saturated carbocycles. The number of nitrogens with one attached hydrogen (secondary N) is 2. The molecule has 0 aliphatic heterocycles. The van der Waals surface area contributed by atoms with E-state index in [2.05, 4.69) is 15.0 Å². The smallest absolute Gasteiger partial charge is 0.328 e. The quantitative estimate of drug-likeness (QED) is 0.566. The molecular weight excluding hydrogens is 412 g/mol. The molecule has 0 unspecified atom stereocenters. The van der Waals surface area contributed by atoms with E-state index < -0.39 is 33.7 Å². The van der Waals surface area contributed by atoms with Crippen molar-refractivity contribution in [3.8, 4) is 0 Å². The first kappa shape index (κ1) is 21.3. The average Bonchev–Trinajstić information content (AvgIpc) is 3.07. The van der Waals surface area contributed by atoms with Gasteiger partial charge >= 0.3 is 5.69 Å². The molecule has 3 rings (SSSR count). The van der Waals surface area contributed by atoms with Gasteiger partial charge in [0.2, 0.25) is 15.9 Å². The summed E-state index contributed by atoms with van der Waals surface area (Å²) in [4.78, 5) is 41.7. The highest BCUT2D eigenvalue weighted by Crippen LogP contribution is 2.21. The summed E-state index contributed by atoms with van der Waals surface area (Å²) in [6.45, 7) is 2.75. The molecule has 0 spiro atoms. The molecule has 0 atom stereocenters. The van der Waals surface area contributed by atoms with Crippen LogP contribution >= 0.6 is 0 Å². The minimum atomic E-state index is -3.42. The van der Waals surface area contributed by atoms with Crippen molar-refractivity contribution in [2.24, 2.45) is 14.1 Å². The second-order valence-corrected chi connectivity index (χ2v) is 8.85. The third-order valence-electron chi connectivity index (χ3n) is 4.66. The molecule has 1 aromatic carbocycles. The average molecular weight is 434 g/mol. The topological polar surface area (TPSA) is 137 Å². The van der Waals surface area contributed by atoms with Crippen LogP contribution in [0, 0.1) is 6.92 Å². The zero-order valence-corrected chi connectivity index (χ0v) is 17.8.